The number of carbonyl (C=O) groups is 2. The van der Waals surface area contributed by atoms with Gasteiger partial charge in [0.2, 0.25) is 0 Å². The molecule has 2 amide bonds. The molecule has 0 radical (unpaired) electrons. The van der Waals surface area contributed by atoms with Gasteiger partial charge >= 0.3 is 0 Å². The summed E-state index contributed by atoms with van der Waals surface area (Å²) < 4.78 is 0. The SMILES string of the molecule is CN=C(NCCc1cccc(C(=O)NC)c1)NCc1cccc(C(=O)NCCN(C)C)c1.I. The van der Waals surface area contributed by atoms with E-state index in [-0.39, 0.29) is 35.8 Å². The van der Waals surface area contributed by atoms with Crippen LogP contribution in [0.25, 0.3) is 0 Å². The summed E-state index contributed by atoms with van der Waals surface area (Å²) >= 11 is 0. The Hall–Kier alpha value is -2.66. The third-order valence-electron chi connectivity index (χ3n) is 4.84. The Balaban J connectivity index is 0.00000544. The van der Waals surface area contributed by atoms with E-state index in [1.807, 2.05) is 61.5 Å². The van der Waals surface area contributed by atoms with Gasteiger partial charge in [-0.3, -0.25) is 14.6 Å². The highest BCUT2D eigenvalue weighted by Gasteiger charge is 2.07. The van der Waals surface area contributed by atoms with Crippen LogP contribution in [0.1, 0.15) is 31.8 Å². The average Bonchev–Trinajstić information content (AvgIpc) is 2.80. The van der Waals surface area contributed by atoms with Crippen LogP contribution in [-0.4, -0.2) is 70.5 Å². The summed E-state index contributed by atoms with van der Waals surface area (Å²) in [6.45, 7) is 2.62. The van der Waals surface area contributed by atoms with Gasteiger partial charge in [-0.15, -0.1) is 24.0 Å². The molecule has 180 valence electrons. The highest BCUT2D eigenvalue weighted by Crippen LogP contribution is 2.07. The first kappa shape index (κ1) is 28.4. The predicted octanol–water partition coefficient (Wildman–Crippen LogP) is 1.86. The largest absolute Gasteiger partial charge is 0.356 e. The van der Waals surface area contributed by atoms with Crippen molar-refractivity contribution >= 4 is 41.8 Å². The van der Waals surface area contributed by atoms with Crippen LogP contribution in [0.5, 0.6) is 0 Å². The zero-order valence-corrected chi connectivity index (χ0v) is 22.1. The van der Waals surface area contributed by atoms with Crippen LogP contribution in [-0.2, 0) is 13.0 Å². The van der Waals surface area contributed by atoms with Crippen LogP contribution >= 0.6 is 24.0 Å². The molecule has 2 aromatic rings. The van der Waals surface area contributed by atoms with Gasteiger partial charge < -0.3 is 26.2 Å². The maximum Gasteiger partial charge on any atom is 0.251 e. The number of guanidine groups is 1. The van der Waals surface area contributed by atoms with Gasteiger partial charge in [-0.05, 0) is 55.9 Å². The number of rotatable bonds is 10. The molecule has 0 aliphatic heterocycles. The smallest absolute Gasteiger partial charge is 0.251 e. The van der Waals surface area contributed by atoms with Gasteiger partial charge in [0.1, 0.15) is 0 Å². The average molecular weight is 566 g/mol. The van der Waals surface area contributed by atoms with Crippen LogP contribution in [0.4, 0.5) is 0 Å². The van der Waals surface area contributed by atoms with Crippen molar-refractivity contribution in [1.29, 1.82) is 0 Å². The third-order valence-corrected chi connectivity index (χ3v) is 4.84. The Labute approximate surface area is 213 Å². The van der Waals surface area contributed by atoms with Crippen molar-refractivity contribution in [1.82, 2.24) is 26.2 Å². The Morgan fingerprint density at radius 2 is 1.52 bits per heavy atom. The van der Waals surface area contributed by atoms with E-state index in [0.29, 0.717) is 36.7 Å². The highest BCUT2D eigenvalue weighted by molar-refractivity contribution is 14.0. The fraction of sp³-hybridized carbons (Fsp3) is 0.375. The number of aliphatic imine (C=N–C) groups is 1. The molecule has 0 spiro atoms. The topological polar surface area (TPSA) is 97.9 Å². The quantitative estimate of drug-likeness (QED) is 0.200. The van der Waals surface area contributed by atoms with Gasteiger partial charge in [-0.2, -0.15) is 0 Å². The van der Waals surface area contributed by atoms with E-state index < -0.39 is 0 Å². The van der Waals surface area contributed by atoms with Gasteiger partial charge in [-0.1, -0.05) is 24.3 Å². The first-order valence-electron chi connectivity index (χ1n) is 10.7. The second-order valence-electron chi connectivity index (χ2n) is 7.64. The van der Waals surface area contributed by atoms with E-state index in [4.69, 9.17) is 0 Å². The lowest BCUT2D eigenvalue weighted by atomic mass is 10.1. The van der Waals surface area contributed by atoms with Crippen molar-refractivity contribution < 1.29 is 9.59 Å². The molecule has 0 atom stereocenters. The molecule has 0 aliphatic carbocycles. The number of hydrogen-bond acceptors (Lipinski definition) is 4. The molecule has 0 bridgehead atoms. The number of halogens is 1. The lowest BCUT2D eigenvalue weighted by molar-refractivity contribution is 0.0947. The summed E-state index contributed by atoms with van der Waals surface area (Å²) in [7, 11) is 7.29. The summed E-state index contributed by atoms with van der Waals surface area (Å²) in [6, 6.07) is 15.1. The lowest BCUT2D eigenvalue weighted by Gasteiger charge is -2.13. The zero-order chi connectivity index (χ0) is 23.3. The molecule has 0 saturated carbocycles. The molecule has 4 N–H and O–H groups in total. The molecule has 33 heavy (non-hydrogen) atoms. The van der Waals surface area contributed by atoms with Gasteiger partial charge in [0.15, 0.2) is 5.96 Å². The maximum atomic E-state index is 12.3. The van der Waals surface area contributed by atoms with Crippen molar-refractivity contribution in [2.24, 2.45) is 4.99 Å². The molecular formula is C24H35IN6O2. The minimum absolute atomic E-state index is 0. The number of nitrogens with one attached hydrogen (secondary N) is 4. The van der Waals surface area contributed by atoms with Crippen molar-refractivity contribution in [2.45, 2.75) is 13.0 Å². The molecule has 0 saturated heterocycles. The molecular weight excluding hydrogens is 531 g/mol. The normalized spacial score (nSPS) is 10.9. The van der Waals surface area contributed by atoms with Crippen LogP contribution in [0.3, 0.4) is 0 Å². The Bertz CT molecular complexity index is 933. The molecule has 0 heterocycles. The summed E-state index contributed by atoms with van der Waals surface area (Å²) in [5.41, 5.74) is 3.36. The van der Waals surface area contributed by atoms with Gasteiger partial charge in [0, 0.05) is 51.4 Å². The number of carbonyl (C=O) groups excluding carboxylic acids is 2. The second kappa shape index (κ2) is 15.2. The Kier molecular flexibility index (Phi) is 13.1. The number of amides is 2. The first-order chi connectivity index (χ1) is 15.4. The molecule has 0 aromatic heterocycles. The maximum absolute atomic E-state index is 12.3. The second-order valence-corrected chi connectivity index (χ2v) is 7.64. The van der Waals surface area contributed by atoms with E-state index in [1.54, 1.807) is 20.2 Å². The molecule has 0 aliphatic rings. The number of likely N-dealkylation sites (N-methyl/N-ethyl adjacent to an activating group) is 1. The van der Waals surface area contributed by atoms with Crippen molar-refractivity contribution in [3.8, 4) is 0 Å². The van der Waals surface area contributed by atoms with Gasteiger partial charge in [0.25, 0.3) is 11.8 Å². The Morgan fingerprint density at radius 1 is 0.879 bits per heavy atom. The first-order valence-corrected chi connectivity index (χ1v) is 10.7. The molecule has 0 fully saturated rings. The van der Waals surface area contributed by atoms with Crippen LogP contribution < -0.4 is 21.3 Å². The molecule has 2 rings (SSSR count). The third kappa shape index (κ3) is 10.2. The van der Waals surface area contributed by atoms with E-state index >= 15 is 0 Å². The highest BCUT2D eigenvalue weighted by atomic mass is 127. The van der Waals surface area contributed by atoms with E-state index in [0.717, 1.165) is 24.1 Å². The minimum atomic E-state index is -0.0918. The molecule has 8 nitrogen and oxygen atoms in total. The summed E-state index contributed by atoms with van der Waals surface area (Å²) in [4.78, 5) is 30.4. The molecule has 0 unspecified atom stereocenters. The van der Waals surface area contributed by atoms with Crippen molar-refractivity contribution in [3.05, 3.63) is 70.8 Å². The monoisotopic (exact) mass is 566 g/mol. The number of hydrogen-bond donors (Lipinski definition) is 4. The minimum Gasteiger partial charge on any atom is -0.356 e. The molecule has 2 aromatic carbocycles. The van der Waals surface area contributed by atoms with E-state index in [2.05, 4.69) is 26.3 Å². The predicted molar refractivity (Wildman–Crippen MR) is 144 cm³/mol. The Morgan fingerprint density at radius 3 is 2.15 bits per heavy atom. The van der Waals surface area contributed by atoms with Crippen LogP contribution in [0.2, 0.25) is 0 Å². The summed E-state index contributed by atoms with van der Waals surface area (Å²) in [6.07, 6.45) is 0.758. The van der Waals surface area contributed by atoms with Gasteiger partial charge in [0.05, 0.1) is 0 Å². The zero-order valence-electron chi connectivity index (χ0n) is 19.8. The standard InChI is InChI=1S/C24H34N6O2.HI/c1-25-22(31)20-9-5-7-18(15-20)11-12-28-24(26-2)29-17-19-8-6-10-21(16-19)23(32)27-13-14-30(3)4;/h5-10,15-16H,11-14,17H2,1-4H3,(H,25,31)(H,27,32)(H2,26,28,29);1H. The van der Waals surface area contributed by atoms with Crippen molar-refractivity contribution in [2.75, 3.05) is 47.8 Å². The number of nitrogens with zero attached hydrogens (tertiary/aromatic N) is 2. The fourth-order valence-electron chi connectivity index (χ4n) is 3.06. The fourth-order valence-corrected chi connectivity index (χ4v) is 3.06. The van der Waals surface area contributed by atoms with Crippen molar-refractivity contribution in [3.63, 3.8) is 0 Å². The molecule has 9 heteroatoms. The lowest BCUT2D eigenvalue weighted by Crippen LogP contribution is -2.38. The van der Waals surface area contributed by atoms with Gasteiger partial charge in [-0.25, -0.2) is 0 Å². The number of benzene rings is 2. The van der Waals surface area contributed by atoms with E-state index in [9.17, 15) is 9.59 Å². The van der Waals surface area contributed by atoms with E-state index in [1.165, 1.54) is 0 Å². The summed E-state index contributed by atoms with van der Waals surface area (Å²) in [5.74, 6) is 0.509. The van der Waals surface area contributed by atoms with Crippen LogP contribution in [0, 0.1) is 0 Å². The summed E-state index contributed by atoms with van der Waals surface area (Å²) in [5, 5.41) is 12.1. The van der Waals surface area contributed by atoms with Crippen LogP contribution in [0.15, 0.2) is 53.5 Å².